The van der Waals surface area contributed by atoms with Gasteiger partial charge in [0.1, 0.15) is 17.4 Å². The van der Waals surface area contributed by atoms with Gasteiger partial charge in [-0.1, -0.05) is 19.9 Å². The van der Waals surface area contributed by atoms with E-state index in [2.05, 4.69) is 24.1 Å². The Balaban J connectivity index is 1.64. The number of aryl methyl sites for hydroxylation is 1. The molecule has 2 heterocycles. The van der Waals surface area contributed by atoms with E-state index in [4.69, 9.17) is 14.2 Å². The van der Waals surface area contributed by atoms with E-state index in [-0.39, 0.29) is 0 Å². The molecule has 1 amide bonds. The van der Waals surface area contributed by atoms with Gasteiger partial charge in [-0.15, -0.1) is 11.3 Å². The number of aliphatic carboxylic acids is 1. The van der Waals surface area contributed by atoms with Crippen molar-refractivity contribution in [3.05, 3.63) is 39.8 Å². The maximum atomic E-state index is 12.6. The summed E-state index contributed by atoms with van der Waals surface area (Å²) in [4.78, 5) is 29.8. The lowest BCUT2D eigenvalue weighted by molar-refractivity contribution is -0.166. The Bertz CT molecular complexity index is 939. The molecule has 0 bridgehead atoms. The lowest BCUT2D eigenvalue weighted by Crippen LogP contribution is -2.40. The van der Waals surface area contributed by atoms with Gasteiger partial charge in [-0.05, 0) is 38.8 Å². The number of nitrogens with one attached hydrogen (secondary N) is 1. The zero-order valence-electron chi connectivity index (χ0n) is 17.6. The normalized spacial score (nSPS) is 20.3. The quantitative estimate of drug-likeness (QED) is 0.684. The Morgan fingerprint density at radius 1 is 1.30 bits per heavy atom. The molecule has 0 saturated carbocycles. The predicted molar refractivity (Wildman–Crippen MR) is 112 cm³/mol. The molecule has 162 valence electrons. The van der Waals surface area contributed by atoms with Gasteiger partial charge in [0.05, 0.1) is 5.69 Å². The number of nitrogens with zero attached hydrogens (tertiary/aromatic N) is 1. The van der Waals surface area contributed by atoms with Crippen molar-refractivity contribution in [3.8, 4) is 5.75 Å². The molecule has 1 aliphatic heterocycles. The molecular weight excluding hydrogens is 408 g/mol. The molecule has 3 rings (SSSR count). The Morgan fingerprint density at radius 2 is 2.00 bits per heavy atom. The van der Waals surface area contributed by atoms with Crippen LogP contribution in [0.25, 0.3) is 0 Å². The number of hydrogen-bond donors (Lipinski definition) is 2. The van der Waals surface area contributed by atoms with Crippen LogP contribution in [0.4, 0.5) is 5.69 Å². The highest BCUT2D eigenvalue weighted by atomic mass is 32.1. The Labute approximate surface area is 179 Å². The van der Waals surface area contributed by atoms with Crippen LogP contribution in [0, 0.1) is 6.92 Å². The zero-order valence-corrected chi connectivity index (χ0v) is 18.4. The summed E-state index contributed by atoms with van der Waals surface area (Å²) in [5.74, 6) is -2.09. The van der Waals surface area contributed by atoms with Crippen LogP contribution in [0.3, 0.4) is 0 Å². The molecule has 1 saturated heterocycles. The summed E-state index contributed by atoms with van der Waals surface area (Å²) < 4.78 is 16.6. The summed E-state index contributed by atoms with van der Waals surface area (Å²) in [7, 11) is 0. The minimum absolute atomic E-state index is 0.324. The first kappa shape index (κ1) is 22.2. The third-order valence-electron chi connectivity index (χ3n) is 4.49. The highest BCUT2D eigenvalue weighted by Gasteiger charge is 2.49. The number of thiazole rings is 1. The van der Waals surface area contributed by atoms with E-state index in [9.17, 15) is 14.7 Å². The largest absolute Gasteiger partial charge is 0.486 e. The van der Waals surface area contributed by atoms with Crippen molar-refractivity contribution in [2.24, 2.45) is 0 Å². The molecular formula is C21H26N2O6S. The van der Waals surface area contributed by atoms with E-state index in [0.29, 0.717) is 24.0 Å². The van der Waals surface area contributed by atoms with E-state index < -0.39 is 29.9 Å². The summed E-state index contributed by atoms with van der Waals surface area (Å²) in [5.41, 5.74) is 1.54. The van der Waals surface area contributed by atoms with Gasteiger partial charge in [-0.3, -0.25) is 4.79 Å². The van der Waals surface area contributed by atoms with Crippen molar-refractivity contribution >= 4 is 28.9 Å². The second-order valence-corrected chi connectivity index (χ2v) is 9.11. The van der Waals surface area contributed by atoms with Crippen molar-refractivity contribution < 1.29 is 28.9 Å². The summed E-state index contributed by atoms with van der Waals surface area (Å²) >= 11 is 1.60. The first-order valence-electron chi connectivity index (χ1n) is 9.64. The van der Waals surface area contributed by atoms with E-state index in [0.717, 1.165) is 10.7 Å². The predicted octanol–water partition coefficient (Wildman–Crippen LogP) is 3.70. The molecule has 2 aromatic rings. The van der Waals surface area contributed by atoms with Crippen LogP contribution in [0.1, 0.15) is 49.2 Å². The van der Waals surface area contributed by atoms with Crippen molar-refractivity contribution in [2.75, 3.05) is 5.32 Å². The van der Waals surface area contributed by atoms with Gasteiger partial charge >= 0.3 is 5.97 Å². The number of carboxylic acids is 1. The molecule has 1 aromatic carbocycles. The van der Waals surface area contributed by atoms with Gasteiger partial charge in [-0.2, -0.15) is 0 Å². The minimum Gasteiger partial charge on any atom is -0.486 e. The fraction of sp³-hybridized carbons (Fsp3) is 0.476. The standard InChI is InChI=1S/C21H26N2O6S/c1-11(2)16-12(3)30-15(23-16)10-27-14-8-6-7-13(9-14)22-19(24)17-18(20(25)26)29-21(4,5)28-17/h6-9,11,17-18H,10H2,1-5H3,(H,22,24)(H,25,26)/t17-,18-/m0/s1. The van der Waals surface area contributed by atoms with Crippen molar-refractivity contribution in [1.29, 1.82) is 0 Å². The third-order valence-corrected chi connectivity index (χ3v) is 5.45. The van der Waals surface area contributed by atoms with Gasteiger partial charge in [0.2, 0.25) is 0 Å². The summed E-state index contributed by atoms with van der Waals surface area (Å²) in [6.45, 7) is 9.71. The monoisotopic (exact) mass is 434 g/mol. The number of anilines is 1. The first-order chi connectivity index (χ1) is 14.1. The number of carbonyl (C=O) groups excluding carboxylic acids is 1. The average molecular weight is 435 g/mol. The van der Waals surface area contributed by atoms with Crippen molar-refractivity contribution in [2.45, 2.75) is 65.1 Å². The number of hydrogen-bond acceptors (Lipinski definition) is 7. The Kier molecular flexibility index (Phi) is 6.44. The van der Waals surface area contributed by atoms with Crippen LogP contribution in [0.15, 0.2) is 24.3 Å². The molecule has 2 atom stereocenters. The van der Waals surface area contributed by atoms with Crippen molar-refractivity contribution in [3.63, 3.8) is 0 Å². The van der Waals surface area contributed by atoms with Gasteiger partial charge in [-0.25, -0.2) is 9.78 Å². The number of carbonyl (C=O) groups is 2. The van der Waals surface area contributed by atoms with E-state index in [1.807, 2.05) is 6.92 Å². The molecule has 0 aliphatic carbocycles. The molecule has 8 nitrogen and oxygen atoms in total. The lowest BCUT2D eigenvalue weighted by Gasteiger charge is -2.16. The van der Waals surface area contributed by atoms with Crippen LogP contribution in [0.2, 0.25) is 0 Å². The van der Waals surface area contributed by atoms with Crippen LogP contribution < -0.4 is 10.1 Å². The number of carboxylic acid groups (broad SMARTS) is 1. The zero-order chi connectivity index (χ0) is 22.1. The molecule has 1 aromatic heterocycles. The first-order valence-corrected chi connectivity index (χ1v) is 10.5. The highest BCUT2D eigenvalue weighted by Crippen LogP contribution is 2.30. The highest BCUT2D eigenvalue weighted by molar-refractivity contribution is 7.11. The third kappa shape index (κ3) is 5.16. The van der Waals surface area contributed by atoms with Gasteiger partial charge in [0.15, 0.2) is 18.0 Å². The topological polar surface area (TPSA) is 107 Å². The molecule has 0 unspecified atom stereocenters. The van der Waals surface area contributed by atoms with Crippen LogP contribution >= 0.6 is 11.3 Å². The molecule has 1 fully saturated rings. The number of benzene rings is 1. The second-order valence-electron chi connectivity index (χ2n) is 7.82. The van der Waals surface area contributed by atoms with Crippen LogP contribution in [-0.2, 0) is 25.7 Å². The Morgan fingerprint density at radius 3 is 2.63 bits per heavy atom. The fourth-order valence-electron chi connectivity index (χ4n) is 3.22. The lowest BCUT2D eigenvalue weighted by atomic mass is 10.1. The molecule has 0 spiro atoms. The van der Waals surface area contributed by atoms with E-state index in [1.54, 1.807) is 49.4 Å². The number of rotatable bonds is 7. The maximum Gasteiger partial charge on any atom is 0.336 e. The fourth-order valence-corrected chi connectivity index (χ4v) is 4.22. The average Bonchev–Trinajstić information content (AvgIpc) is 3.20. The molecule has 1 aliphatic rings. The summed E-state index contributed by atoms with van der Waals surface area (Å²) in [6, 6.07) is 6.87. The SMILES string of the molecule is Cc1sc(COc2cccc(NC(=O)[C@H]3OC(C)(C)O[C@@H]3C(=O)O)c2)nc1C(C)C. The number of aromatic nitrogens is 1. The second kappa shape index (κ2) is 8.71. The van der Waals surface area contributed by atoms with Gasteiger partial charge in [0.25, 0.3) is 5.91 Å². The van der Waals surface area contributed by atoms with Crippen LogP contribution in [-0.4, -0.2) is 40.0 Å². The van der Waals surface area contributed by atoms with E-state index in [1.165, 1.54) is 4.88 Å². The van der Waals surface area contributed by atoms with E-state index >= 15 is 0 Å². The van der Waals surface area contributed by atoms with Crippen molar-refractivity contribution in [1.82, 2.24) is 4.98 Å². The van der Waals surface area contributed by atoms with Crippen LogP contribution in [0.5, 0.6) is 5.75 Å². The molecule has 30 heavy (non-hydrogen) atoms. The molecule has 0 radical (unpaired) electrons. The van der Waals surface area contributed by atoms with Gasteiger partial charge in [0, 0.05) is 16.6 Å². The number of ether oxygens (including phenoxy) is 3. The smallest absolute Gasteiger partial charge is 0.336 e. The summed E-state index contributed by atoms with van der Waals surface area (Å²) in [5, 5.41) is 12.9. The molecule has 9 heteroatoms. The summed E-state index contributed by atoms with van der Waals surface area (Å²) in [6.07, 6.45) is -2.63. The minimum atomic E-state index is -1.37. The maximum absolute atomic E-state index is 12.6. The van der Waals surface area contributed by atoms with Gasteiger partial charge < -0.3 is 24.6 Å². The number of amides is 1. The molecule has 2 N–H and O–H groups in total. The Hall–Kier alpha value is -2.49.